The molecule has 22 radical (unpaired) electrons. The molecule has 0 amide bonds. The first kappa shape index (κ1) is 41.2. The normalized spacial score (nSPS) is 10.1. The Morgan fingerprint density at radius 2 is 0.686 bits per heavy atom. The molecule has 208 valence electrons. The SMILES string of the molecule is Clc1nc(-c2cccc(-c3ccccc3)c2)nc(-c2cccc(-c3ccccc3)c2)n1.[B]B([B])B([B])B(B(B([B])[B])B([B])[B])B(B([B])[B])B([B])[B]. The van der Waals surface area contributed by atoms with Gasteiger partial charge < -0.3 is 0 Å². The number of benzene rings is 4. The average Bonchev–Trinajstić information content (AvgIpc) is 3.11. The third kappa shape index (κ3) is 11.2. The predicted octanol–water partition coefficient (Wildman–Crippen LogP) is -0.423. The second-order valence-corrected chi connectivity index (χ2v) is 12.7. The first-order chi connectivity index (χ1) is 24.3. The maximum atomic E-state index is 6.30. The van der Waals surface area contributed by atoms with E-state index in [1.54, 1.807) is 0 Å². The van der Waals surface area contributed by atoms with Gasteiger partial charge in [0.05, 0.1) is 0 Å². The van der Waals surface area contributed by atoms with Crippen LogP contribution in [-0.4, -0.2) is 158 Å². The van der Waals surface area contributed by atoms with Crippen molar-refractivity contribution >= 4 is 154 Å². The zero-order valence-corrected chi connectivity index (χ0v) is 28.9. The van der Waals surface area contributed by atoms with Crippen LogP contribution in [0.25, 0.3) is 45.0 Å². The molecule has 0 aliphatic carbocycles. The van der Waals surface area contributed by atoms with Crippen LogP contribution in [0.3, 0.4) is 0 Å². The Kier molecular flexibility index (Phi) is 15.8. The largest absolute Gasteiger partial charge is 0.226 e. The Bertz CT molecular complexity index is 1690. The number of nitrogens with zero attached hydrogens (tertiary/aromatic N) is 3. The molecule has 0 saturated carbocycles. The summed E-state index contributed by atoms with van der Waals surface area (Å²) in [5.41, 5.74) is 6.27. The molecule has 0 spiro atoms. The highest BCUT2D eigenvalue weighted by molar-refractivity contribution is 8.19. The fourth-order valence-electron chi connectivity index (χ4n) is 6.11. The average molecular weight is 636 g/mol. The molecule has 0 aliphatic heterocycles. The van der Waals surface area contributed by atoms with E-state index in [0.29, 0.717) is 11.6 Å². The Labute approximate surface area is 326 Å². The molecule has 5 aromatic rings. The lowest BCUT2D eigenvalue weighted by atomic mass is 8.39. The van der Waals surface area contributed by atoms with Crippen LogP contribution in [0.5, 0.6) is 0 Å². The number of rotatable bonds is 12. The third-order valence-electron chi connectivity index (χ3n) is 8.62. The van der Waals surface area contributed by atoms with Crippen molar-refractivity contribution in [3.63, 3.8) is 0 Å². The van der Waals surface area contributed by atoms with Crippen LogP contribution in [0.15, 0.2) is 109 Å². The monoisotopic (exact) mass is 639 g/mol. The van der Waals surface area contributed by atoms with Crippen molar-refractivity contribution in [3.05, 3.63) is 114 Å². The van der Waals surface area contributed by atoms with Crippen LogP contribution in [0.1, 0.15) is 0 Å². The number of halogens is 1. The lowest BCUT2D eigenvalue weighted by molar-refractivity contribution is 1.07. The Morgan fingerprint density at radius 3 is 1.02 bits per heavy atom. The van der Waals surface area contributed by atoms with Crippen LogP contribution < -0.4 is 0 Å². The molecule has 1 heterocycles. The van der Waals surface area contributed by atoms with Gasteiger partial charge in [-0.15, -0.1) is 0 Å². The fourth-order valence-corrected chi connectivity index (χ4v) is 6.27. The highest BCUT2D eigenvalue weighted by Gasteiger charge is 2.44. The minimum Gasteiger partial charge on any atom is -0.208 e. The van der Waals surface area contributed by atoms with E-state index in [1.807, 2.05) is 60.7 Å². The van der Waals surface area contributed by atoms with Crippen molar-refractivity contribution in [2.45, 2.75) is 0 Å². The molecular weight excluding hydrogens is 618 g/mol. The molecule has 1 aromatic heterocycles. The quantitative estimate of drug-likeness (QED) is 0.175. The molecule has 3 nitrogen and oxygen atoms in total. The van der Waals surface area contributed by atoms with E-state index in [9.17, 15) is 0 Å². The Balaban J connectivity index is 0.000000255. The van der Waals surface area contributed by atoms with E-state index in [0.717, 1.165) is 33.4 Å². The topological polar surface area (TPSA) is 38.7 Å². The van der Waals surface area contributed by atoms with Gasteiger partial charge in [-0.2, -0.15) is 9.97 Å². The van der Waals surface area contributed by atoms with Crippen molar-refractivity contribution in [1.82, 2.24) is 15.0 Å². The van der Waals surface area contributed by atoms with Gasteiger partial charge in [0.25, 0.3) is 0 Å². The number of aromatic nitrogens is 3. The standard InChI is InChI=1S/C27H18ClN3.B20/c28-27-30-25(23-15-7-13-21(17-23)19-9-3-1-4-10-19)29-26(31-27)24-16-8-14-22(18-24)20-11-5-2-6-12-20;1-12(2)17(11)20(18(13(3)4)14(5)6)19(15(7)8)16(9)10/h1-18H;. The molecule has 5 rings (SSSR count). The fraction of sp³-hybridized carbons (Fsp3) is 0. The van der Waals surface area contributed by atoms with Crippen LogP contribution in [0.4, 0.5) is 0 Å². The molecule has 0 atom stereocenters. The van der Waals surface area contributed by atoms with Crippen molar-refractivity contribution in [2.75, 3.05) is 0 Å². The molecule has 0 fully saturated rings. The smallest absolute Gasteiger partial charge is 0.208 e. The van der Waals surface area contributed by atoms with E-state index in [4.69, 9.17) is 102 Å². The second-order valence-electron chi connectivity index (χ2n) is 12.3. The molecule has 0 unspecified atom stereocenters. The summed E-state index contributed by atoms with van der Waals surface area (Å²) in [6, 6.07) is 36.7. The van der Waals surface area contributed by atoms with E-state index in [2.05, 4.69) is 58.5 Å². The highest BCUT2D eigenvalue weighted by atomic mass is 35.5. The summed E-state index contributed by atoms with van der Waals surface area (Å²) < 4.78 is 0. The lowest BCUT2D eigenvalue weighted by Gasteiger charge is -2.42. The van der Waals surface area contributed by atoms with Crippen LogP contribution in [-0.2, 0) is 0 Å². The molecule has 0 saturated heterocycles. The first-order valence-electron chi connectivity index (χ1n) is 16.3. The Morgan fingerprint density at radius 1 is 0.353 bits per heavy atom. The molecule has 51 heavy (non-hydrogen) atoms. The van der Waals surface area contributed by atoms with E-state index >= 15 is 0 Å². The summed E-state index contributed by atoms with van der Waals surface area (Å²) in [6.45, 7) is 0. The van der Waals surface area contributed by atoms with E-state index in [-0.39, 0.29) is 5.28 Å². The van der Waals surface area contributed by atoms with Gasteiger partial charge in [-0.05, 0) is 46.0 Å². The maximum absolute atomic E-state index is 6.30. The van der Waals surface area contributed by atoms with Gasteiger partial charge in [-0.25, -0.2) is 4.98 Å². The van der Waals surface area contributed by atoms with Crippen LogP contribution in [0, 0.1) is 0 Å². The van der Waals surface area contributed by atoms with Gasteiger partial charge in [0, 0.05) is 154 Å². The van der Waals surface area contributed by atoms with Crippen molar-refractivity contribution in [2.24, 2.45) is 0 Å². The predicted molar refractivity (Wildman–Crippen MR) is 242 cm³/mol. The van der Waals surface area contributed by atoms with E-state index < -0.39 is 57.5 Å². The summed E-state index contributed by atoms with van der Waals surface area (Å²) in [5.74, 6) is 1.11. The highest BCUT2D eigenvalue weighted by Crippen LogP contribution is 2.28. The maximum Gasteiger partial charge on any atom is 0.226 e. The van der Waals surface area contributed by atoms with Crippen LogP contribution >= 0.6 is 11.6 Å². The van der Waals surface area contributed by atoms with Crippen LogP contribution in [0.2, 0.25) is 5.28 Å². The van der Waals surface area contributed by atoms with Crippen molar-refractivity contribution < 1.29 is 0 Å². The zero-order chi connectivity index (χ0) is 37.2. The number of hydrogen-bond acceptors (Lipinski definition) is 3. The van der Waals surface area contributed by atoms with Gasteiger partial charge in [0.15, 0.2) is 11.6 Å². The van der Waals surface area contributed by atoms with E-state index in [1.165, 1.54) is 0 Å². The lowest BCUT2D eigenvalue weighted by Crippen LogP contribution is -2.80. The summed E-state index contributed by atoms with van der Waals surface area (Å²) in [7, 11) is 63.2. The van der Waals surface area contributed by atoms with Gasteiger partial charge in [0.1, 0.15) is 0 Å². The molecule has 24 heteroatoms. The summed E-state index contributed by atoms with van der Waals surface area (Å²) in [6.07, 6.45) is -7.15. The summed E-state index contributed by atoms with van der Waals surface area (Å²) in [5, 5.41) is 0.176. The van der Waals surface area contributed by atoms with Gasteiger partial charge in [-0.1, -0.05) is 97.1 Å². The molecular formula is C27H18B20ClN3. The zero-order valence-electron chi connectivity index (χ0n) is 28.2. The molecule has 0 N–H and O–H groups in total. The summed E-state index contributed by atoms with van der Waals surface area (Å²) in [4.78, 5) is 13.5. The minimum atomic E-state index is -0.889. The first-order valence-corrected chi connectivity index (χ1v) is 16.7. The number of hydrogen-bond donors (Lipinski definition) is 0. The minimum absolute atomic E-state index is 0.176. The second kappa shape index (κ2) is 19.5. The van der Waals surface area contributed by atoms with Crippen molar-refractivity contribution in [3.8, 4) is 45.0 Å². The van der Waals surface area contributed by atoms with Gasteiger partial charge >= 0.3 is 0 Å². The van der Waals surface area contributed by atoms with Crippen molar-refractivity contribution in [1.29, 1.82) is 0 Å². The third-order valence-corrected chi connectivity index (χ3v) is 8.79. The molecule has 0 bridgehead atoms. The molecule has 4 aromatic carbocycles. The van der Waals surface area contributed by atoms with Gasteiger partial charge in [-0.3, -0.25) is 0 Å². The van der Waals surface area contributed by atoms with Gasteiger partial charge in [0.2, 0.25) is 5.28 Å². The summed E-state index contributed by atoms with van der Waals surface area (Å²) >= 11 is 6.30. The molecule has 0 aliphatic rings. The Hall–Kier alpha value is -2.52.